The SMILES string of the molecule is COCCCS(=O)(=O)N(C)C(C)C#N. The van der Waals surface area contributed by atoms with Crippen LogP contribution in [0.25, 0.3) is 0 Å². The molecule has 1 unspecified atom stereocenters. The van der Waals surface area contributed by atoms with Gasteiger partial charge in [0.1, 0.15) is 6.04 Å². The van der Waals surface area contributed by atoms with Gasteiger partial charge in [-0.1, -0.05) is 0 Å². The van der Waals surface area contributed by atoms with Crippen molar-refractivity contribution in [1.29, 1.82) is 5.26 Å². The number of nitriles is 1. The predicted molar refractivity (Wildman–Crippen MR) is 53.1 cm³/mol. The average molecular weight is 220 g/mol. The molecule has 14 heavy (non-hydrogen) atoms. The van der Waals surface area contributed by atoms with Crippen LogP contribution in [0.4, 0.5) is 0 Å². The third-order valence-electron chi connectivity index (χ3n) is 1.92. The second-order valence-electron chi connectivity index (χ2n) is 2.98. The van der Waals surface area contributed by atoms with Crippen molar-refractivity contribution >= 4 is 10.0 Å². The van der Waals surface area contributed by atoms with Crippen LogP contribution in [0.1, 0.15) is 13.3 Å². The minimum Gasteiger partial charge on any atom is -0.385 e. The molecule has 0 aromatic heterocycles. The summed E-state index contributed by atoms with van der Waals surface area (Å²) in [6.07, 6.45) is 0.446. The summed E-state index contributed by atoms with van der Waals surface area (Å²) in [5.41, 5.74) is 0. The lowest BCUT2D eigenvalue weighted by atomic mass is 10.4. The van der Waals surface area contributed by atoms with Gasteiger partial charge in [-0.2, -0.15) is 9.57 Å². The van der Waals surface area contributed by atoms with Crippen molar-refractivity contribution in [3.8, 4) is 6.07 Å². The Hall–Kier alpha value is -0.640. The molecule has 0 spiro atoms. The van der Waals surface area contributed by atoms with E-state index in [2.05, 4.69) is 0 Å². The molecular formula is C8H16N2O3S. The van der Waals surface area contributed by atoms with Gasteiger partial charge in [0, 0.05) is 20.8 Å². The molecule has 0 saturated heterocycles. The van der Waals surface area contributed by atoms with Crippen LogP contribution in [0, 0.1) is 11.3 Å². The maximum Gasteiger partial charge on any atom is 0.215 e. The molecule has 0 fully saturated rings. The fraction of sp³-hybridized carbons (Fsp3) is 0.875. The van der Waals surface area contributed by atoms with Crippen LogP contribution in [0.15, 0.2) is 0 Å². The first-order valence-corrected chi connectivity index (χ1v) is 5.91. The number of rotatable bonds is 6. The zero-order valence-electron chi connectivity index (χ0n) is 8.73. The molecule has 0 aliphatic rings. The molecule has 0 heterocycles. The van der Waals surface area contributed by atoms with Crippen molar-refractivity contribution in [2.75, 3.05) is 26.5 Å². The zero-order valence-corrected chi connectivity index (χ0v) is 9.54. The quantitative estimate of drug-likeness (QED) is 0.599. The lowest BCUT2D eigenvalue weighted by molar-refractivity contribution is 0.199. The number of nitrogens with zero attached hydrogens (tertiary/aromatic N) is 2. The zero-order chi connectivity index (χ0) is 11.2. The minimum absolute atomic E-state index is 0.0172. The third-order valence-corrected chi connectivity index (χ3v) is 3.92. The van der Waals surface area contributed by atoms with Crippen LogP contribution in [-0.2, 0) is 14.8 Å². The summed E-state index contributed by atoms with van der Waals surface area (Å²) < 4.78 is 28.9. The maximum atomic E-state index is 11.5. The van der Waals surface area contributed by atoms with Gasteiger partial charge >= 0.3 is 0 Å². The summed E-state index contributed by atoms with van der Waals surface area (Å²) in [5, 5.41) is 8.56. The fourth-order valence-corrected chi connectivity index (χ4v) is 2.15. The van der Waals surface area contributed by atoms with Gasteiger partial charge < -0.3 is 4.74 Å². The van der Waals surface area contributed by atoms with Crippen LogP contribution in [0.3, 0.4) is 0 Å². The van der Waals surface area contributed by atoms with E-state index in [1.807, 2.05) is 6.07 Å². The standard InChI is InChI=1S/C8H16N2O3S/c1-8(7-9)10(2)14(11,12)6-4-5-13-3/h8H,4-6H2,1-3H3. The number of sulfonamides is 1. The summed E-state index contributed by atoms with van der Waals surface area (Å²) in [6.45, 7) is 1.96. The molecule has 0 amide bonds. The van der Waals surface area contributed by atoms with E-state index >= 15 is 0 Å². The molecule has 6 heteroatoms. The van der Waals surface area contributed by atoms with Gasteiger partial charge in [0.05, 0.1) is 11.8 Å². The molecule has 1 atom stereocenters. The average Bonchev–Trinajstić information content (AvgIpc) is 2.15. The first-order valence-electron chi connectivity index (χ1n) is 4.30. The first-order chi connectivity index (χ1) is 6.45. The first kappa shape index (κ1) is 13.4. The molecule has 0 radical (unpaired) electrons. The molecule has 0 aliphatic carbocycles. The second kappa shape index (κ2) is 5.96. The van der Waals surface area contributed by atoms with E-state index in [4.69, 9.17) is 10.00 Å². The highest BCUT2D eigenvalue weighted by Crippen LogP contribution is 2.05. The van der Waals surface area contributed by atoms with Crippen molar-refractivity contribution in [3.63, 3.8) is 0 Å². The molecular weight excluding hydrogens is 204 g/mol. The topological polar surface area (TPSA) is 70.4 Å². The monoisotopic (exact) mass is 220 g/mol. The van der Waals surface area contributed by atoms with Crippen LogP contribution in [-0.4, -0.2) is 45.3 Å². The van der Waals surface area contributed by atoms with Crippen LogP contribution in [0.5, 0.6) is 0 Å². The smallest absolute Gasteiger partial charge is 0.215 e. The van der Waals surface area contributed by atoms with Gasteiger partial charge in [-0.25, -0.2) is 8.42 Å². The molecule has 0 rings (SSSR count). The highest BCUT2D eigenvalue weighted by molar-refractivity contribution is 7.89. The summed E-state index contributed by atoms with van der Waals surface area (Å²) in [4.78, 5) is 0. The van der Waals surface area contributed by atoms with Crippen molar-refractivity contribution in [2.45, 2.75) is 19.4 Å². The Morgan fingerprint density at radius 2 is 2.14 bits per heavy atom. The molecule has 0 aromatic rings. The summed E-state index contributed by atoms with van der Waals surface area (Å²) in [6, 6.07) is 1.25. The highest BCUT2D eigenvalue weighted by atomic mass is 32.2. The molecule has 0 bridgehead atoms. The van der Waals surface area contributed by atoms with Crippen molar-refractivity contribution in [2.24, 2.45) is 0 Å². The maximum absolute atomic E-state index is 11.5. The second-order valence-corrected chi connectivity index (χ2v) is 5.13. The Kier molecular flexibility index (Phi) is 5.69. The normalized spacial score (nSPS) is 13.9. The molecule has 0 aliphatic heterocycles. The van der Waals surface area contributed by atoms with E-state index in [9.17, 15) is 8.42 Å². The van der Waals surface area contributed by atoms with Gasteiger partial charge in [-0.15, -0.1) is 0 Å². The molecule has 5 nitrogen and oxygen atoms in total. The molecule has 0 aromatic carbocycles. The van der Waals surface area contributed by atoms with E-state index in [-0.39, 0.29) is 5.75 Å². The Balaban J connectivity index is 4.26. The Bertz CT molecular complexity index is 294. The number of methoxy groups -OCH3 is 1. The minimum atomic E-state index is -3.31. The largest absolute Gasteiger partial charge is 0.385 e. The van der Waals surface area contributed by atoms with Crippen LogP contribution >= 0.6 is 0 Å². The van der Waals surface area contributed by atoms with E-state index in [1.54, 1.807) is 6.92 Å². The number of hydrogen-bond donors (Lipinski definition) is 0. The van der Waals surface area contributed by atoms with E-state index in [0.717, 1.165) is 4.31 Å². The Morgan fingerprint density at radius 3 is 2.57 bits per heavy atom. The van der Waals surface area contributed by atoms with Gasteiger partial charge in [-0.3, -0.25) is 0 Å². The van der Waals surface area contributed by atoms with E-state index in [0.29, 0.717) is 13.0 Å². The van der Waals surface area contributed by atoms with Crippen molar-refractivity contribution in [1.82, 2.24) is 4.31 Å². The fourth-order valence-electron chi connectivity index (χ4n) is 0.852. The molecule has 0 saturated carbocycles. The summed E-state index contributed by atoms with van der Waals surface area (Å²) >= 11 is 0. The van der Waals surface area contributed by atoms with E-state index < -0.39 is 16.1 Å². The number of ether oxygens (including phenoxy) is 1. The third kappa shape index (κ3) is 4.05. The Morgan fingerprint density at radius 1 is 1.57 bits per heavy atom. The van der Waals surface area contributed by atoms with E-state index in [1.165, 1.54) is 14.2 Å². The highest BCUT2D eigenvalue weighted by Gasteiger charge is 2.22. The summed E-state index contributed by atoms with van der Waals surface area (Å²) in [7, 11) is -0.378. The van der Waals surface area contributed by atoms with Gasteiger partial charge in [0.25, 0.3) is 0 Å². The van der Waals surface area contributed by atoms with Crippen LogP contribution in [0.2, 0.25) is 0 Å². The van der Waals surface area contributed by atoms with Crippen molar-refractivity contribution < 1.29 is 13.2 Å². The van der Waals surface area contributed by atoms with Crippen molar-refractivity contribution in [3.05, 3.63) is 0 Å². The number of hydrogen-bond acceptors (Lipinski definition) is 4. The molecule has 0 N–H and O–H groups in total. The molecule has 82 valence electrons. The predicted octanol–water partition coefficient (Wildman–Crippen LogP) is 0.197. The lowest BCUT2D eigenvalue weighted by Gasteiger charge is -2.18. The Labute approximate surface area is 85.3 Å². The van der Waals surface area contributed by atoms with Gasteiger partial charge in [0.15, 0.2) is 0 Å². The van der Waals surface area contributed by atoms with Gasteiger partial charge in [-0.05, 0) is 13.3 Å². The lowest BCUT2D eigenvalue weighted by Crippen LogP contribution is -2.36. The summed E-state index contributed by atoms with van der Waals surface area (Å²) in [5.74, 6) is 0.0172. The van der Waals surface area contributed by atoms with Crippen LogP contribution < -0.4 is 0 Å². The van der Waals surface area contributed by atoms with Gasteiger partial charge in [0.2, 0.25) is 10.0 Å².